The largest absolute Gasteiger partial charge is 0.366 e. The number of hydrazone groups is 1. The molecule has 7 nitrogen and oxygen atoms in total. The van der Waals surface area contributed by atoms with Crippen molar-refractivity contribution in [1.82, 2.24) is 5.01 Å². The van der Waals surface area contributed by atoms with Gasteiger partial charge >= 0.3 is 0 Å². The van der Waals surface area contributed by atoms with E-state index < -0.39 is 11.8 Å². The van der Waals surface area contributed by atoms with Crippen molar-refractivity contribution in [3.05, 3.63) is 28.8 Å². The summed E-state index contributed by atoms with van der Waals surface area (Å²) in [6, 6.07) is 4.40. The Kier molecular flexibility index (Phi) is 4.23. The average Bonchev–Trinajstić information content (AvgIpc) is 2.43. The van der Waals surface area contributed by atoms with E-state index in [1.807, 2.05) is 0 Å². The quantitative estimate of drug-likeness (QED) is 0.869. The first-order chi connectivity index (χ1) is 9.88. The number of hydrogen-bond donors (Lipinski definition) is 2. The van der Waals surface area contributed by atoms with Gasteiger partial charge in [-0.3, -0.25) is 14.4 Å². The molecule has 1 aliphatic heterocycles. The Morgan fingerprint density at radius 2 is 2.10 bits per heavy atom. The zero-order valence-electron chi connectivity index (χ0n) is 11.2. The van der Waals surface area contributed by atoms with Crippen LogP contribution in [0, 0.1) is 0 Å². The minimum atomic E-state index is -0.684. The highest BCUT2D eigenvalue weighted by atomic mass is 35.5. The molecule has 8 heteroatoms. The fraction of sp³-hybridized carbons (Fsp3) is 0.231. The lowest BCUT2D eigenvalue weighted by molar-refractivity contribution is -0.130. The molecule has 1 aliphatic rings. The van der Waals surface area contributed by atoms with E-state index in [9.17, 15) is 14.4 Å². The predicted octanol–water partition coefficient (Wildman–Crippen LogP) is 0.986. The maximum Gasteiger partial charge on any atom is 0.271 e. The Bertz CT molecular complexity index is 657. The van der Waals surface area contributed by atoms with Crippen LogP contribution < -0.4 is 11.1 Å². The monoisotopic (exact) mass is 308 g/mol. The number of carbonyl (C=O) groups excluding carboxylic acids is 3. The molecule has 3 N–H and O–H groups in total. The number of nitrogens with one attached hydrogen (secondary N) is 1. The number of amides is 3. The lowest BCUT2D eigenvalue weighted by Gasteiger charge is -2.19. The van der Waals surface area contributed by atoms with E-state index in [4.69, 9.17) is 17.3 Å². The Balaban J connectivity index is 2.17. The van der Waals surface area contributed by atoms with Crippen LogP contribution in [-0.4, -0.2) is 35.5 Å². The predicted molar refractivity (Wildman–Crippen MR) is 78.0 cm³/mol. The molecule has 110 valence electrons. The molecule has 0 spiro atoms. The fourth-order valence-electron chi connectivity index (χ4n) is 1.83. The van der Waals surface area contributed by atoms with E-state index >= 15 is 0 Å². The fourth-order valence-corrected chi connectivity index (χ4v) is 2.04. The maximum atomic E-state index is 12.1. The molecule has 2 rings (SSSR count). The zero-order valence-corrected chi connectivity index (χ0v) is 12.0. The summed E-state index contributed by atoms with van der Waals surface area (Å²) < 4.78 is 0. The lowest BCUT2D eigenvalue weighted by atomic mass is 10.1. The number of anilines is 1. The van der Waals surface area contributed by atoms with Gasteiger partial charge in [0.05, 0.1) is 10.6 Å². The molecule has 0 fully saturated rings. The first-order valence-corrected chi connectivity index (χ1v) is 6.51. The first-order valence-electron chi connectivity index (χ1n) is 6.13. The molecule has 21 heavy (non-hydrogen) atoms. The van der Waals surface area contributed by atoms with Crippen LogP contribution in [0.4, 0.5) is 5.69 Å². The highest BCUT2D eigenvalue weighted by Gasteiger charge is 2.22. The molecule has 0 aliphatic carbocycles. The summed E-state index contributed by atoms with van der Waals surface area (Å²) in [4.78, 5) is 34.6. The van der Waals surface area contributed by atoms with Crippen LogP contribution in [0.3, 0.4) is 0 Å². The smallest absolute Gasteiger partial charge is 0.271 e. The minimum absolute atomic E-state index is 0.118. The topological polar surface area (TPSA) is 105 Å². The SMILES string of the molecule is CN1N=C(C(=O)Nc2ccc(Cl)c(C(N)=O)c2)CCC1=O. The highest BCUT2D eigenvalue weighted by molar-refractivity contribution is 6.43. The Morgan fingerprint density at radius 3 is 2.71 bits per heavy atom. The van der Waals surface area contributed by atoms with Gasteiger partial charge in [-0.25, -0.2) is 5.01 Å². The van der Waals surface area contributed by atoms with Crippen molar-refractivity contribution in [3.8, 4) is 0 Å². The van der Waals surface area contributed by atoms with Gasteiger partial charge in [-0.05, 0) is 18.2 Å². The summed E-state index contributed by atoms with van der Waals surface area (Å²) in [6.07, 6.45) is 0.501. The number of rotatable bonds is 3. The number of benzene rings is 1. The second-order valence-electron chi connectivity index (χ2n) is 4.48. The Morgan fingerprint density at radius 1 is 1.38 bits per heavy atom. The summed E-state index contributed by atoms with van der Waals surface area (Å²) in [7, 11) is 1.49. The molecular weight excluding hydrogens is 296 g/mol. The standard InChI is InChI=1S/C13H13ClN4O3/c1-18-11(19)5-4-10(17-18)13(21)16-7-2-3-9(14)8(6-7)12(15)20/h2-3,6H,4-5H2,1H3,(H2,15,20)(H,16,21). The first kappa shape index (κ1) is 15.0. The van der Waals surface area contributed by atoms with Gasteiger partial charge in [0.2, 0.25) is 11.8 Å². The average molecular weight is 309 g/mol. The van der Waals surface area contributed by atoms with E-state index in [0.717, 1.165) is 5.01 Å². The van der Waals surface area contributed by atoms with E-state index in [1.54, 1.807) is 6.07 Å². The van der Waals surface area contributed by atoms with Crippen molar-refractivity contribution in [3.63, 3.8) is 0 Å². The Hall–Kier alpha value is -2.41. The van der Waals surface area contributed by atoms with E-state index in [1.165, 1.54) is 19.2 Å². The van der Waals surface area contributed by atoms with E-state index in [0.29, 0.717) is 5.69 Å². The molecule has 0 aromatic heterocycles. The molecule has 0 unspecified atom stereocenters. The van der Waals surface area contributed by atoms with Gasteiger partial charge in [0.15, 0.2) is 0 Å². The zero-order chi connectivity index (χ0) is 15.6. The van der Waals surface area contributed by atoms with Crippen molar-refractivity contribution < 1.29 is 14.4 Å². The van der Waals surface area contributed by atoms with E-state index in [-0.39, 0.29) is 35.0 Å². The van der Waals surface area contributed by atoms with Crippen molar-refractivity contribution in [2.45, 2.75) is 12.8 Å². The van der Waals surface area contributed by atoms with Crippen LogP contribution in [-0.2, 0) is 9.59 Å². The molecule has 3 amide bonds. The van der Waals surface area contributed by atoms with Crippen LogP contribution in [0.15, 0.2) is 23.3 Å². The summed E-state index contributed by atoms with van der Waals surface area (Å²) in [5, 5.41) is 7.84. The third-order valence-electron chi connectivity index (χ3n) is 2.96. The Labute approximate surface area is 125 Å². The molecule has 1 heterocycles. The number of halogens is 1. The summed E-state index contributed by atoms with van der Waals surface area (Å²) in [6.45, 7) is 0. The molecule has 0 atom stereocenters. The summed E-state index contributed by atoms with van der Waals surface area (Å²) in [5.74, 6) is -1.27. The van der Waals surface area contributed by atoms with Crippen molar-refractivity contribution in [1.29, 1.82) is 0 Å². The molecule has 0 radical (unpaired) electrons. The van der Waals surface area contributed by atoms with Crippen LogP contribution >= 0.6 is 11.6 Å². The van der Waals surface area contributed by atoms with Crippen LogP contribution in [0.2, 0.25) is 5.02 Å². The van der Waals surface area contributed by atoms with Crippen LogP contribution in [0.1, 0.15) is 23.2 Å². The van der Waals surface area contributed by atoms with Crippen molar-refractivity contribution >= 4 is 40.7 Å². The van der Waals surface area contributed by atoms with Gasteiger partial charge in [0.1, 0.15) is 5.71 Å². The number of primary amides is 1. The number of carbonyl (C=O) groups is 3. The summed E-state index contributed by atoms with van der Waals surface area (Å²) >= 11 is 5.83. The third-order valence-corrected chi connectivity index (χ3v) is 3.29. The minimum Gasteiger partial charge on any atom is -0.366 e. The lowest BCUT2D eigenvalue weighted by Crippen LogP contribution is -2.34. The molecule has 1 aromatic carbocycles. The van der Waals surface area contributed by atoms with Crippen LogP contribution in [0.25, 0.3) is 0 Å². The highest BCUT2D eigenvalue weighted by Crippen LogP contribution is 2.20. The van der Waals surface area contributed by atoms with Gasteiger partial charge in [0, 0.05) is 25.6 Å². The molecule has 1 aromatic rings. The summed E-state index contributed by atoms with van der Waals surface area (Å²) in [5.41, 5.74) is 5.92. The van der Waals surface area contributed by atoms with Gasteiger partial charge in [-0.15, -0.1) is 0 Å². The molecule has 0 bridgehead atoms. The number of hydrogen-bond acceptors (Lipinski definition) is 4. The number of nitrogens with two attached hydrogens (primary N) is 1. The van der Waals surface area contributed by atoms with Gasteiger partial charge < -0.3 is 11.1 Å². The molecule has 0 saturated carbocycles. The third kappa shape index (κ3) is 3.38. The number of nitrogens with zero attached hydrogens (tertiary/aromatic N) is 2. The second kappa shape index (κ2) is 5.92. The van der Waals surface area contributed by atoms with Gasteiger partial charge in [0.25, 0.3) is 5.91 Å². The maximum absolute atomic E-state index is 12.1. The normalized spacial score (nSPS) is 14.7. The van der Waals surface area contributed by atoms with Gasteiger partial charge in [-0.1, -0.05) is 11.6 Å². The second-order valence-corrected chi connectivity index (χ2v) is 4.88. The molecule has 0 saturated heterocycles. The van der Waals surface area contributed by atoms with Gasteiger partial charge in [-0.2, -0.15) is 5.10 Å². The van der Waals surface area contributed by atoms with E-state index in [2.05, 4.69) is 10.4 Å². The van der Waals surface area contributed by atoms with Crippen LogP contribution in [0.5, 0.6) is 0 Å². The van der Waals surface area contributed by atoms with Crippen molar-refractivity contribution in [2.75, 3.05) is 12.4 Å². The molecular formula is C13H13ClN4O3. The van der Waals surface area contributed by atoms with Crippen molar-refractivity contribution in [2.24, 2.45) is 10.8 Å².